The Hall–Kier alpha value is -0.510. The molecule has 1 aliphatic rings. The summed E-state index contributed by atoms with van der Waals surface area (Å²) in [6.45, 7) is 5.31. The minimum Gasteiger partial charge on any atom is -0.392 e. The molecule has 0 bridgehead atoms. The molecule has 2 rings (SSSR count). The van der Waals surface area contributed by atoms with Crippen molar-refractivity contribution in [3.05, 3.63) is 29.8 Å². The number of thioether (sulfide) groups is 1. The smallest absolute Gasteiger partial charge is 0.0662 e. The lowest BCUT2D eigenvalue weighted by atomic mass is 9.97. The highest BCUT2D eigenvalue weighted by molar-refractivity contribution is 8.00. The molecule has 2 nitrogen and oxygen atoms in total. The summed E-state index contributed by atoms with van der Waals surface area (Å²) in [5.41, 5.74) is 1.33. The standard InChI is InChI=1S/C16H25NOS/c1-3-17-12(2)13-8-10-14(11-9-13)19-16-7-5-4-6-15(16)18/h8-12,15-18H,3-7H2,1-2H3. The fourth-order valence-corrected chi connectivity index (χ4v) is 3.87. The van der Waals surface area contributed by atoms with Gasteiger partial charge in [-0.2, -0.15) is 0 Å². The lowest BCUT2D eigenvalue weighted by Gasteiger charge is -2.27. The molecule has 0 aliphatic heterocycles. The van der Waals surface area contributed by atoms with Gasteiger partial charge in [0.15, 0.2) is 0 Å². The lowest BCUT2D eigenvalue weighted by Crippen LogP contribution is -2.26. The van der Waals surface area contributed by atoms with Crippen molar-refractivity contribution in [1.29, 1.82) is 0 Å². The molecule has 2 N–H and O–H groups in total. The third kappa shape index (κ3) is 4.23. The topological polar surface area (TPSA) is 32.3 Å². The summed E-state index contributed by atoms with van der Waals surface area (Å²) >= 11 is 1.84. The third-order valence-electron chi connectivity index (χ3n) is 3.85. The van der Waals surface area contributed by atoms with Gasteiger partial charge in [-0.05, 0) is 44.0 Å². The molecule has 0 heterocycles. The molecule has 0 spiro atoms. The van der Waals surface area contributed by atoms with Crippen LogP contribution in [-0.2, 0) is 0 Å². The number of rotatable bonds is 5. The van der Waals surface area contributed by atoms with Crippen molar-refractivity contribution < 1.29 is 5.11 Å². The first-order valence-corrected chi connectivity index (χ1v) is 8.26. The number of nitrogens with one attached hydrogen (secondary N) is 1. The van der Waals surface area contributed by atoms with Crippen LogP contribution in [0.25, 0.3) is 0 Å². The van der Waals surface area contributed by atoms with E-state index >= 15 is 0 Å². The zero-order valence-electron chi connectivity index (χ0n) is 11.9. The van der Waals surface area contributed by atoms with E-state index < -0.39 is 0 Å². The second-order valence-electron chi connectivity index (χ2n) is 5.36. The second-order valence-corrected chi connectivity index (χ2v) is 6.67. The molecule has 1 fully saturated rings. The molecule has 106 valence electrons. The van der Waals surface area contributed by atoms with E-state index in [1.54, 1.807) is 0 Å². The number of benzene rings is 1. The maximum Gasteiger partial charge on any atom is 0.0662 e. The average Bonchev–Trinajstić information content (AvgIpc) is 2.42. The Labute approximate surface area is 121 Å². The molecule has 3 heteroatoms. The van der Waals surface area contributed by atoms with Crippen molar-refractivity contribution in [1.82, 2.24) is 5.32 Å². The van der Waals surface area contributed by atoms with E-state index in [2.05, 4.69) is 43.4 Å². The van der Waals surface area contributed by atoms with Crippen LogP contribution in [0.4, 0.5) is 0 Å². The van der Waals surface area contributed by atoms with Crippen LogP contribution < -0.4 is 5.32 Å². The zero-order valence-corrected chi connectivity index (χ0v) is 12.7. The molecular weight excluding hydrogens is 254 g/mol. The lowest BCUT2D eigenvalue weighted by molar-refractivity contribution is 0.137. The fourth-order valence-electron chi connectivity index (χ4n) is 2.65. The van der Waals surface area contributed by atoms with Gasteiger partial charge in [-0.3, -0.25) is 0 Å². The van der Waals surface area contributed by atoms with Gasteiger partial charge in [0, 0.05) is 16.2 Å². The Morgan fingerprint density at radius 2 is 1.95 bits per heavy atom. The van der Waals surface area contributed by atoms with Crippen LogP contribution in [0.1, 0.15) is 51.1 Å². The van der Waals surface area contributed by atoms with E-state index in [9.17, 15) is 5.11 Å². The molecule has 3 atom stereocenters. The van der Waals surface area contributed by atoms with Crippen molar-refractivity contribution in [2.45, 2.75) is 61.8 Å². The van der Waals surface area contributed by atoms with Gasteiger partial charge >= 0.3 is 0 Å². The molecule has 0 amide bonds. The van der Waals surface area contributed by atoms with Gasteiger partial charge in [0.25, 0.3) is 0 Å². The summed E-state index contributed by atoms with van der Waals surface area (Å²) < 4.78 is 0. The van der Waals surface area contributed by atoms with Crippen LogP contribution in [0.3, 0.4) is 0 Å². The molecule has 1 aliphatic carbocycles. The van der Waals surface area contributed by atoms with Crippen LogP contribution in [0.5, 0.6) is 0 Å². The van der Waals surface area contributed by atoms with Gasteiger partial charge < -0.3 is 10.4 Å². The van der Waals surface area contributed by atoms with Crippen LogP contribution in [0.15, 0.2) is 29.2 Å². The number of hydrogen-bond donors (Lipinski definition) is 2. The Morgan fingerprint density at radius 1 is 1.26 bits per heavy atom. The van der Waals surface area contributed by atoms with E-state index in [-0.39, 0.29) is 6.10 Å². The highest BCUT2D eigenvalue weighted by Crippen LogP contribution is 2.34. The quantitative estimate of drug-likeness (QED) is 0.861. The summed E-state index contributed by atoms with van der Waals surface area (Å²) in [6, 6.07) is 9.18. The monoisotopic (exact) mass is 279 g/mol. The average molecular weight is 279 g/mol. The van der Waals surface area contributed by atoms with Gasteiger partial charge in [-0.15, -0.1) is 11.8 Å². The van der Waals surface area contributed by atoms with Gasteiger partial charge in [-0.1, -0.05) is 31.9 Å². The predicted octanol–water partition coefficient (Wildman–Crippen LogP) is 3.75. The van der Waals surface area contributed by atoms with Crippen molar-refractivity contribution in [3.63, 3.8) is 0 Å². The number of aliphatic hydroxyl groups excluding tert-OH is 1. The predicted molar refractivity (Wildman–Crippen MR) is 82.7 cm³/mol. The van der Waals surface area contributed by atoms with Gasteiger partial charge in [0.05, 0.1) is 6.10 Å². The van der Waals surface area contributed by atoms with Crippen LogP contribution >= 0.6 is 11.8 Å². The zero-order chi connectivity index (χ0) is 13.7. The molecule has 3 unspecified atom stereocenters. The third-order valence-corrected chi connectivity index (χ3v) is 5.24. The van der Waals surface area contributed by atoms with E-state index in [0.717, 1.165) is 19.4 Å². The molecule has 0 aromatic heterocycles. The minimum atomic E-state index is -0.126. The highest BCUT2D eigenvalue weighted by Gasteiger charge is 2.23. The first-order valence-electron chi connectivity index (χ1n) is 7.38. The first-order chi connectivity index (χ1) is 9.20. The summed E-state index contributed by atoms with van der Waals surface area (Å²) in [4.78, 5) is 1.28. The van der Waals surface area contributed by atoms with E-state index in [1.165, 1.54) is 23.3 Å². The van der Waals surface area contributed by atoms with Crippen molar-refractivity contribution >= 4 is 11.8 Å². The maximum absolute atomic E-state index is 10.0. The Bertz CT molecular complexity index is 379. The largest absolute Gasteiger partial charge is 0.392 e. The molecule has 1 aromatic rings. The Morgan fingerprint density at radius 3 is 2.58 bits per heavy atom. The molecule has 0 saturated heterocycles. The summed E-state index contributed by atoms with van der Waals surface area (Å²) in [6.07, 6.45) is 4.41. The Balaban J connectivity index is 1.94. The van der Waals surface area contributed by atoms with Gasteiger partial charge in [-0.25, -0.2) is 0 Å². The van der Waals surface area contributed by atoms with Crippen molar-refractivity contribution in [2.24, 2.45) is 0 Å². The van der Waals surface area contributed by atoms with Gasteiger partial charge in [0.2, 0.25) is 0 Å². The summed E-state index contributed by atoms with van der Waals surface area (Å²) in [7, 11) is 0. The summed E-state index contributed by atoms with van der Waals surface area (Å²) in [5.74, 6) is 0. The van der Waals surface area contributed by atoms with Gasteiger partial charge in [0.1, 0.15) is 0 Å². The molecule has 1 aromatic carbocycles. The number of hydrogen-bond acceptors (Lipinski definition) is 3. The molecular formula is C16H25NOS. The highest BCUT2D eigenvalue weighted by atomic mass is 32.2. The fraction of sp³-hybridized carbons (Fsp3) is 0.625. The second kappa shape index (κ2) is 7.32. The molecule has 1 saturated carbocycles. The summed E-state index contributed by atoms with van der Waals surface area (Å²) in [5, 5.41) is 13.8. The van der Waals surface area contributed by atoms with Crippen LogP contribution in [-0.4, -0.2) is 23.0 Å². The molecule has 0 radical (unpaired) electrons. The normalized spacial score (nSPS) is 25.2. The van der Waals surface area contributed by atoms with Crippen molar-refractivity contribution in [3.8, 4) is 0 Å². The van der Waals surface area contributed by atoms with Crippen LogP contribution in [0, 0.1) is 0 Å². The van der Waals surface area contributed by atoms with E-state index in [4.69, 9.17) is 0 Å². The van der Waals surface area contributed by atoms with Crippen molar-refractivity contribution in [2.75, 3.05) is 6.54 Å². The van der Waals surface area contributed by atoms with E-state index in [1.807, 2.05) is 11.8 Å². The Kier molecular flexibility index (Phi) is 5.74. The number of aliphatic hydroxyl groups is 1. The maximum atomic E-state index is 10.0. The molecule has 19 heavy (non-hydrogen) atoms. The SMILES string of the molecule is CCNC(C)c1ccc(SC2CCCCC2O)cc1. The van der Waals surface area contributed by atoms with Crippen LogP contribution in [0.2, 0.25) is 0 Å². The first kappa shape index (κ1) is 14.9. The van der Waals surface area contributed by atoms with E-state index in [0.29, 0.717) is 11.3 Å². The minimum absolute atomic E-state index is 0.126.